The van der Waals surface area contributed by atoms with E-state index in [1.807, 2.05) is 0 Å². The van der Waals surface area contributed by atoms with Gasteiger partial charge >= 0.3 is 12.1 Å². The molecular formula is C22H24F3NO6. The monoisotopic (exact) mass is 455 g/mol. The van der Waals surface area contributed by atoms with E-state index in [1.165, 1.54) is 50.5 Å². The highest BCUT2D eigenvalue weighted by molar-refractivity contribution is 5.96. The Bertz CT molecular complexity index is 893. The number of rotatable bonds is 10. The maximum atomic E-state index is 13.0. The second-order valence-electron chi connectivity index (χ2n) is 6.76. The van der Waals surface area contributed by atoms with Crippen molar-refractivity contribution in [1.82, 2.24) is 4.90 Å². The van der Waals surface area contributed by atoms with Crippen LogP contribution in [0.15, 0.2) is 42.5 Å². The largest absolute Gasteiger partial charge is 0.497 e. The predicted molar refractivity (Wildman–Crippen MR) is 108 cm³/mol. The molecule has 0 radical (unpaired) electrons. The van der Waals surface area contributed by atoms with Crippen molar-refractivity contribution in [2.45, 2.75) is 19.3 Å². The van der Waals surface area contributed by atoms with Crippen LogP contribution in [0.5, 0.6) is 11.5 Å². The van der Waals surface area contributed by atoms with Gasteiger partial charge in [0.15, 0.2) is 0 Å². The van der Waals surface area contributed by atoms with Crippen molar-refractivity contribution in [3.63, 3.8) is 0 Å². The van der Waals surface area contributed by atoms with Crippen molar-refractivity contribution in [1.29, 1.82) is 0 Å². The Balaban J connectivity index is 2.18. The number of halogens is 3. The maximum absolute atomic E-state index is 13.0. The fourth-order valence-corrected chi connectivity index (χ4v) is 2.81. The number of benzene rings is 2. The minimum absolute atomic E-state index is 0.0674. The lowest BCUT2D eigenvalue weighted by atomic mass is 10.1. The predicted octanol–water partition coefficient (Wildman–Crippen LogP) is 3.60. The molecular weight excluding hydrogens is 431 g/mol. The van der Waals surface area contributed by atoms with E-state index in [1.54, 1.807) is 18.2 Å². The smallest absolute Gasteiger partial charge is 0.411 e. The molecule has 0 aromatic heterocycles. The molecule has 1 amide bonds. The normalized spacial score (nSPS) is 11.1. The SMILES string of the molecule is COC(=O)CN(Cc1cc(OC)cc(OC)c1)C(=O)c1ccc(COCC(F)(F)F)cc1. The molecule has 0 N–H and O–H groups in total. The highest BCUT2D eigenvalue weighted by atomic mass is 19.4. The van der Waals surface area contributed by atoms with Gasteiger partial charge in [-0.3, -0.25) is 9.59 Å². The van der Waals surface area contributed by atoms with Crippen LogP contribution in [0.2, 0.25) is 0 Å². The molecule has 0 saturated heterocycles. The van der Waals surface area contributed by atoms with Gasteiger partial charge in [-0.1, -0.05) is 12.1 Å². The van der Waals surface area contributed by atoms with E-state index in [-0.39, 0.29) is 25.3 Å². The zero-order valence-electron chi connectivity index (χ0n) is 17.9. The third kappa shape index (κ3) is 7.77. The van der Waals surface area contributed by atoms with Crippen LogP contribution in [0.4, 0.5) is 13.2 Å². The highest BCUT2D eigenvalue weighted by Gasteiger charge is 2.27. The number of esters is 1. The maximum Gasteiger partial charge on any atom is 0.411 e. The van der Waals surface area contributed by atoms with Crippen LogP contribution in [-0.2, 0) is 27.4 Å². The molecule has 0 aliphatic rings. The van der Waals surface area contributed by atoms with Crippen molar-refractivity contribution in [2.75, 3.05) is 34.5 Å². The van der Waals surface area contributed by atoms with E-state index in [4.69, 9.17) is 14.2 Å². The lowest BCUT2D eigenvalue weighted by Crippen LogP contribution is -2.35. The summed E-state index contributed by atoms with van der Waals surface area (Å²) in [6.07, 6.45) is -4.41. The van der Waals surface area contributed by atoms with E-state index < -0.39 is 24.7 Å². The van der Waals surface area contributed by atoms with Crippen molar-refractivity contribution < 1.29 is 41.7 Å². The van der Waals surface area contributed by atoms with Gasteiger partial charge in [-0.2, -0.15) is 13.2 Å². The number of carbonyl (C=O) groups is 2. The summed E-state index contributed by atoms with van der Waals surface area (Å²) < 4.78 is 56.4. The summed E-state index contributed by atoms with van der Waals surface area (Å²) in [7, 11) is 4.21. The standard InChI is InChI=1S/C22H24F3NO6/c1-29-18-8-16(9-19(10-18)30-2)11-26(12-20(27)31-3)21(28)17-6-4-15(5-7-17)13-32-14-22(23,24)25/h4-10H,11-14H2,1-3H3. The number of nitrogens with zero attached hydrogens (tertiary/aromatic N) is 1. The van der Waals surface area contributed by atoms with E-state index in [0.717, 1.165) is 0 Å². The molecule has 0 atom stereocenters. The number of amides is 1. The molecule has 7 nitrogen and oxygen atoms in total. The second-order valence-corrected chi connectivity index (χ2v) is 6.76. The van der Waals surface area contributed by atoms with Gasteiger partial charge in [0.05, 0.1) is 27.9 Å². The van der Waals surface area contributed by atoms with E-state index in [9.17, 15) is 22.8 Å². The summed E-state index contributed by atoms with van der Waals surface area (Å²) in [6.45, 7) is -1.84. The fourth-order valence-electron chi connectivity index (χ4n) is 2.81. The Morgan fingerprint density at radius 1 is 0.906 bits per heavy atom. The average Bonchev–Trinajstić information content (AvgIpc) is 2.77. The van der Waals surface area contributed by atoms with Crippen LogP contribution in [0, 0.1) is 0 Å². The summed E-state index contributed by atoms with van der Waals surface area (Å²) >= 11 is 0. The molecule has 0 saturated carbocycles. The fraction of sp³-hybridized carbons (Fsp3) is 0.364. The van der Waals surface area contributed by atoms with Gasteiger partial charge in [-0.15, -0.1) is 0 Å². The number of methoxy groups -OCH3 is 3. The lowest BCUT2D eigenvalue weighted by molar-refractivity contribution is -0.176. The first-order chi connectivity index (χ1) is 15.1. The van der Waals surface area contributed by atoms with Crippen LogP contribution in [0.3, 0.4) is 0 Å². The van der Waals surface area contributed by atoms with Gasteiger partial charge < -0.3 is 23.8 Å². The van der Waals surface area contributed by atoms with Gasteiger partial charge in [0.1, 0.15) is 24.7 Å². The quantitative estimate of drug-likeness (QED) is 0.510. The van der Waals surface area contributed by atoms with Crippen LogP contribution in [0.25, 0.3) is 0 Å². The van der Waals surface area contributed by atoms with E-state index >= 15 is 0 Å². The van der Waals surface area contributed by atoms with E-state index in [2.05, 4.69) is 4.74 Å². The minimum Gasteiger partial charge on any atom is -0.497 e. The summed E-state index contributed by atoms with van der Waals surface area (Å²) in [5.41, 5.74) is 1.39. The molecule has 0 aliphatic carbocycles. The number of ether oxygens (including phenoxy) is 4. The Labute approximate surface area is 183 Å². The first-order valence-electron chi connectivity index (χ1n) is 9.46. The molecule has 174 valence electrons. The molecule has 0 spiro atoms. The number of hydrogen-bond acceptors (Lipinski definition) is 6. The zero-order chi connectivity index (χ0) is 23.7. The first kappa shape index (κ1) is 25.0. The molecule has 2 aromatic rings. The van der Waals surface area contributed by atoms with Gasteiger partial charge in [-0.25, -0.2) is 0 Å². The summed E-state index contributed by atoms with van der Waals surface area (Å²) in [5, 5.41) is 0. The van der Waals surface area contributed by atoms with Crippen molar-refractivity contribution in [3.8, 4) is 11.5 Å². The molecule has 0 bridgehead atoms. The molecule has 0 heterocycles. The topological polar surface area (TPSA) is 74.3 Å². The van der Waals surface area contributed by atoms with Crippen molar-refractivity contribution >= 4 is 11.9 Å². The van der Waals surface area contributed by atoms with Crippen LogP contribution >= 0.6 is 0 Å². The molecule has 0 fully saturated rings. The molecule has 2 aromatic carbocycles. The van der Waals surface area contributed by atoms with Gasteiger partial charge in [0, 0.05) is 18.2 Å². The van der Waals surface area contributed by atoms with Crippen LogP contribution < -0.4 is 9.47 Å². The van der Waals surface area contributed by atoms with Gasteiger partial charge in [0.25, 0.3) is 5.91 Å². The first-order valence-corrected chi connectivity index (χ1v) is 9.46. The zero-order valence-corrected chi connectivity index (χ0v) is 17.9. The Hall–Kier alpha value is -3.27. The van der Waals surface area contributed by atoms with Gasteiger partial charge in [0.2, 0.25) is 0 Å². The molecule has 10 heteroatoms. The molecule has 0 aliphatic heterocycles. The Kier molecular flexibility index (Phi) is 8.89. The highest BCUT2D eigenvalue weighted by Crippen LogP contribution is 2.24. The summed E-state index contributed by atoms with van der Waals surface area (Å²) in [5.74, 6) is -0.0219. The second kappa shape index (κ2) is 11.4. The summed E-state index contributed by atoms with van der Waals surface area (Å²) in [6, 6.07) is 11.0. The molecule has 0 unspecified atom stereocenters. The summed E-state index contributed by atoms with van der Waals surface area (Å²) in [4.78, 5) is 26.2. The lowest BCUT2D eigenvalue weighted by Gasteiger charge is -2.22. The van der Waals surface area contributed by atoms with Crippen LogP contribution in [-0.4, -0.2) is 57.4 Å². The minimum atomic E-state index is -4.41. The van der Waals surface area contributed by atoms with Crippen molar-refractivity contribution in [3.05, 3.63) is 59.2 Å². The Morgan fingerprint density at radius 3 is 2.00 bits per heavy atom. The van der Waals surface area contributed by atoms with Crippen molar-refractivity contribution in [2.24, 2.45) is 0 Å². The molecule has 32 heavy (non-hydrogen) atoms. The van der Waals surface area contributed by atoms with Gasteiger partial charge in [-0.05, 0) is 35.4 Å². The van der Waals surface area contributed by atoms with E-state index in [0.29, 0.717) is 22.6 Å². The molecule has 2 rings (SSSR count). The average molecular weight is 455 g/mol. The third-order valence-corrected chi connectivity index (χ3v) is 4.35. The Morgan fingerprint density at radius 2 is 1.50 bits per heavy atom. The number of carbonyl (C=O) groups excluding carboxylic acids is 2. The third-order valence-electron chi connectivity index (χ3n) is 4.35. The number of hydrogen-bond donors (Lipinski definition) is 0. The number of alkyl halides is 3. The van der Waals surface area contributed by atoms with Crippen LogP contribution in [0.1, 0.15) is 21.5 Å².